The summed E-state index contributed by atoms with van der Waals surface area (Å²) >= 11 is 0. The van der Waals surface area contributed by atoms with Gasteiger partial charge in [0.05, 0.1) is 5.69 Å². The maximum absolute atomic E-state index is 14.0. The Morgan fingerprint density at radius 1 is 1.06 bits per heavy atom. The van der Waals surface area contributed by atoms with E-state index in [-0.39, 0.29) is 11.5 Å². The molecule has 0 fully saturated rings. The van der Waals surface area contributed by atoms with E-state index in [1.807, 2.05) is 43.3 Å². The fourth-order valence-electron chi connectivity index (χ4n) is 2.31. The number of aromatic nitrogens is 1. The molecule has 3 heteroatoms. The second kappa shape index (κ2) is 3.88. The minimum Gasteiger partial charge on any atom is -0.396 e. The number of hydrogen-bond acceptors (Lipinski definition) is 1. The third-order valence-electron chi connectivity index (χ3n) is 3.24. The number of benzene rings is 2. The van der Waals surface area contributed by atoms with Gasteiger partial charge in [0.15, 0.2) is 5.82 Å². The van der Waals surface area contributed by atoms with Gasteiger partial charge < -0.3 is 10.7 Å². The number of anilines is 1. The van der Waals surface area contributed by atoms with Crippen LogP contribution in [0.4, 0.5) is 10.1 Å². The highest BCUT2D eigenvalue weighted by Gasteiger charge is 2.14. The molecule has 3 N–H and O–H groups in total. The third kappa shape index (κ3) is 1.48. The largest absolute Gasteiger partial charge is 0.396 e. The average Bonchev–Trinajstić information content (AvgIpc) is 2.73. The Morgan fingerprint density at radius 3 is 2.50 bits per heavy atom. The van der Waals surface area contributed by atoms with Crippen molar-refractivity contribution in [2.24, 2.45) is 0 Å². The van der Waals surface area contributed by atoms with E-state index < -0.39 is 0 Å². The zero-order chi connectivity index (χ0) is 12.7. The highest BCUT2D eigenvalue weighted by atomic mass is 19.1. The number of aryl methyl sites for hydroxylation is 1. The lowest BCUT2D eigenvalue weighted by Crippen LogP contribution is -1.90. The van der Waals surface area contributed by atoms with Crippen molar-refractivity contribution in [3.8, 4) is 11.3 Å². The zero-order valence-corrected chi connectivity index (χ0v) is 10.00. The molecule has 0 aliphatic rings. The van der Waals surface area contributed by atoms with Gasteiger partial charge in [-0.05, 0) is 30.2 Å². The van der Waals surface area contributed by atoms with E-state index >= 15 is 0 Å². The first kappa shape index (κ1) is 10.8. The molecule has 3 aromatic rings. The molecule has 2 aromatic carbocycles. The number of nitrogens with one attached hydrogen (secondary N) is 1. The summed E-state index contributed by atoms with van der Waals surface area (Å²) < 4.78 is 14.0. The number of nitrogen functional groups attached to an aromatic ring is 1. The molecule has 90 valence electrons. The molecule has 0 aliphatic carbocycles. The average molecular weight is 240 g/mol. The highest BCUT2D eigenvalue weighted by molar-refractivity contribution is 5.93. The lowest BCUT2D eigenvalue weighted by Gasteiger charge is -2.00. The zero-order valence-electron chi connectivity index (χ0n) is 10.00. The van der Waals surface area contributed by atoms with Crippen LogP contribution in [0.25, 0.3) is 22.2 Å². The molecule has 0 aliphatic heterocycles. The molecule has 1 aromatic heterocycles. The molecular formula is C15H13FN2. The summed E-state index contributed by atoms with van der Waals surface area (Å²) in [7, 11) is 0. The Bertz CT molecular complexity index is 714. The second-order valence-electron chi connectivity index (χ2n) is 4.38. The maximum atomic E-state index is 14.0. The fraction of sp³-hybridized carbons (Fsp3) is 0.0667. The highest BCUT2D eigenvalue weighted by Crippen LogP contribution is 2.32. The number of nitrogens with two attached hydrogens (primary N) is 1. The van der Waals surface area contributed by atoms with Gasteiger partial charge in [-0.1, -0.05) is 30.3 Å². The van der Waals surface area contributed by atoms with Crippen LogP contribution in [0.5, 0.6) is 0 Å². The van der Waals surface area contributed by atoms with Gasteiger partial charge in [0.25, 0.3) is 0 Å². The van der Waals surface area contributed by atoms with Crippen LogP contribution in [-0.2, 0) is 0 Å². The van der Waals surface area contributed by atoms with E-state index in [4.69, 9.17) is 5.73 Å². The van der Waals surface area contributed by atoms with Crippen LogP contribution >= 0.6 is 0 Å². The van der Waals surface area contributed by atoms with Gasteiger partial charge in [0.1, 0.15) is 0 Å². The number of hydrogen-bond donors (Lipinski definition) is 2. The van der Waals surface area contributed by atoms with Gasteiger partial charge in [-0.25, -0.2) is 4.39 Å². The Morgan fingerprint density at radius 2 is 1.78 bits per heavy atom. The molecule has 0 atom stereocenters. The molecule has 0 radical (unpaired) electrons. The van der Waals surface area contributed by atoms with Gasteiger partial charge in [0.2, 0.25) is 0 Å². The Labute approximate surface area is 104 Å². The van der Waals surface area contributed by atoms with Crippen LogP contribution in [0.15, 0.2) is 42.5 Å². The van der Waals surface area contributed by atoms with Gasteiger partial charge in [-0.2, -0.15) is 0 Å². The summed E-state index contributed by atoms with van der Waals surface area (Å²) in [6.07, 6.45) is 0. The summed E-state index contributed by atoms with van der Waals surface area (Å²) in [5.41, 5.74) is 9.45. The smallest absolute Gasteiger partial charge is 0.155 e. The van der Waals surface area contributed by atoms with Gasteiger partial charge >= 0.3 is 0 Å². The molecule has 1 heterocycles. The molecule has 0 saturated heterocycles. The molecule has 0 spiro atoms. The first-order chi connectivity index (χ1) is 8.68. The monoisotopic (exact) mass is 240 g/mol. The molecule has 18 heavy (non-hydrogen) atoms. The number of fused-ring (bicyclic) bond motifs is 1. The van der Waals surface area contributed by atoms with Crippen LogP contribution < -0.4 is 5.73 Å². The lowest BCUT2D eigenvalue weighted by atomic mass is 10.1. The second-order valence-corrected chi connectivity index (χ2v) is 4.38. The van der Waals surface area contributed by atoms with Crippen LogP contribution in [0.3, 0.4) is 0 Å². The first-order valence-electron chi connectivity index (χ1n) is 5.80. The fourth-order valence-corrected chi connectivity index (χ4v) is 2.31. The van der Waals surface area contributed by atoms with Crippen LogP contribution in [0.1, 0.15) is 5.56 Å². The Kier molecular flexibility index (Phi) is 2.33. The normalized spacial score (nSPS) is 11.0. The summed E-state index contributed by atoms with van der Waals surface area (Å²) in [5, 5.41) is 0.578. The first-order valence-corrected chi connectivity index (χ1v) is 5.80. The van der Waals surface area contributed by atoms with E-state index in [0.29, 0.717) is 5.39 Å². The number of aromatic amines is 1. The minimum absolute atomic E-state index is 0.184. The molecule has 0 amide bonds. The van der Waals surface area contributed by atoms with E-state index in [2.05, 4.69) is 4.98 Å². The predicted molar refractivity (Wildman–Crippen MR) is 72.8 cm³/mol. The van der Waals surface area contributed by atoms with E-state index in [1.165, 1.54) is 0 Å². The molecular weight excluding hydrogens is 227 g/mol. The van der Waals surface area contributed by atoms with E-state index in [9.17, 15) is 4.39 Å². The molecule has 3 rings (SSSR count). The maximum Gasteiger partial charge on any atom is 0.155 e. The van der Waals surface area contributed by atoms with Gasteiger partial charge in [-0.3, -0.25) is 0 Å². The Hall–Kier alpha value is -2.29. The van der Waals surface area contributed by atoms with Crippen LogP contribution in [0.2, 0.25) is 0 Å². The molecule has 0 unspecified atom stereocenters. The molecule has 0 bridgehead atoms. The van der Waals surface area contributed by atoms with Crippen molar-refractivity contribution in [3.63, 3.8) is 0 Å². The van der Waals surface area contributed by atoms with Crippen molar-refractivity contribution in [3.05, 3.63) is 53.8 Å². The molecule has 0 saturated carbocycles. The van der Waals surface area contributed by atoms with Crippen molar-refractivity contribution in [2.75, 3.05) is 5.73 Å². The van der Waals surface area contributed by atoms with Crippen molar-refractivity contribution < 1.29 is 4.39 Å². The predicted octanol–water partition coefficient (Wildman–Crippen LogP) is 3.86. The van der Waals surface area contributed by atoms with Crippen molar-refractivity contribution in [1.82, 2.24) is 4.98 Å². The van der Waals surface area contributed by atoms with Crippen molar-refractivity contribution in [2.45, 2.75) is 6.92 Å². The topological polar surface area (TPSA) is 41.8 Å². The van der Waals surface area contributed by atoms with Gasteiger partial charge in [0, 0.05) is 16.6 Å². The lowest BCUT2D eigenvalue weighted by molar-refractivity contribution is 0.644. The summed E-state index contributed by atoms with van der Waals surface area (Å²) in [6.45, 7) is 1.91. The number of halogens is 1. The third-order valence-corrected chi connectivity index (χ3v) is 3.24. The standard InChI is InChI=1S/C15H13FN2/c1-9-13-12(8-7-11(17)14(13)16)18-15(9)10-5-3-2-4-6-10/h2-8,18H,17H2,1H3. The van der Waals surface area contributed by atoms with Crippen molar-refractivity contribution in [1.29, 1.82) is 0 Å². The van der Waals surface area contributed by atoms with E-state index in [1.54, 1.807) is 6.07 Å². The minimum atomic E-state index is -0.344. The summed E-state index contributed by atoms with van der Waals surface area (Å²) in [4.78, 5) is 3.25. The van der Waals surface area contributed by atoms with Crippen molar-refractivity contribution >= 4 is 16.6 Å². The van der Waals surface area contributed by atoms with Crippen LogP contribution in [0, 0.1) is 12.7 Å². The van der Waals surface area contributed by atoms with Crippen LogP contribution in [-0.4, -0.2) is 4.98 Å². The summed E-state index contributed by atoms with van der Waals surface area (Å²) in [6, 6.07) is 13.3. The van der Waals surface area contributed by atoms with E-state index in [0.717, 1.165) is 22.3 Å². The number of H-pyrrole nitrogens is 1. The quantitative estimate of drug-likeness (QED) is 0.623. The summed E-state index contributed by atoms with van der Waals surface area (Å²) in [5.74, 6) is -0.344. The van der Waals surface area contributed by atoms with Gasteiger partial charge in [-0.15, -0.1) is 0 Å². The molecule has 2 nitrogen and oxygen atoms in total. The Balaban J connectivity index is 2.34. The number of rotatable bonds is 1. The SMILES string of the molecule is Cc1c(-c2ccccc2)[nH]c2ccc(N)c(F)c12.